The predicted molar refractivity (Wildman–Crippen MR) is 84.1 cm³/mol. The average molecular weight is 316 g/mol. The second kappa shape index (κ2) is 5.14. The van der Waals surface area contributed by atoms with E-state index in [0.29, 0.717) is 10.8 Å². The molecule has 0 unspecified atom stereocenters. The zero-order valence-corrected chi connectivity index (χ0v) is 12.8. The topological polar surface area (TPSA) is 64.3 Å². The van der Waals surface area contributed by atoms with Gasteiger partial charge >= 0.3 is 0 Å². The van der Waals surface area contributed by atoms with E-state index in [-0.39, 0.29) is 0 Å². The molecule has 0 saturated heterocycles. The number of ether oxygens (including phenoxy) is 1. The van der Waals surface area contributed by atoms with Gasteiger partial charge in [0.25, 0.3) is 5.78 Å². The third-order valence-corrected chi connectivity index (χ3v) is 4.10. The number of aryl methyl sites for hydroxylation is 1. The first-order valence-electron chi connectivity index (χ1n) is 7.08. The number of fused-ring (bicyclic) bond motifs is 2. The van der Waals surface area contributed by atoms with Gasteiger partial charge < -0.3 is 10.1 Å². The van der Waals surface area contributed by atoms with Gasteiger partial charge in [0.15, 0.2) is 0 Å². The Morgan fingerprint density at radius 3 is 3.09 bits per heavy atom. The van der Waals surface area contributed by atoms with E-state index in [2.05, 4.69) is 20.4 Å². The minimum atomic E-state index is 0.601. The normalized spacial score (nSPS) is 13.4. The maximum atomic E-state index is 6.11. The van der Waals surface area contributed by atoms with Crippen LogP contribution in [0.5, 0.6) is 5.75 Å². The molecule has 7 heteroatoms. The molecular weight excluding hydrogens is 302 g/mol. The molecule has 1 aliphatic carbocycles. The Kier molecular flexibility index (Phi) is 3.11. The Hall–Kier alpha value is -2.34. The lowest BCUT2D eigenvalue weighted by molar-refractivity contribution is 0.417. The van der Waals surface area contributed by atoms with Crippen LogP contribution in [0.1, 0.15) is 17.7 Å². The average Bonchev–Trinajstić information content (AvgIpc) is 3.15. The number of halogens is 1. The van der Waals surface area contributed by atoms with E-state index in [9.17, 15) is 0 Å². The summed E-state index contributed by atoms with van der Waals surface area (Å²) in [4.78, 5) is 8.77. The minimum Gasteiger partial charge on any atom is -0.495 e. The molecule has 1 aliphatic rings. The Morgan fingerprint density at radius 1 is 1.32 bits per heavy atom. The molecule has 0 aliphatic heterocycles. The van der Waals surface area contributed by atoms with E-state index in [4.69, 9.17) is 16.3 Å². The fourth-order valence-corrected chi connectivity index (χ4v) is 3.03. The molecule has 0 radical (unpaired) electrons. The summed E-state index contributed by atoms with van der Waals surface area (Å²) in [6, 6.07) is 5.48. The summed E-state index contributed by atoms with van der Waals surface area (Å²) in [5.74, 6) is 2.21. The Bertz CT molecular complexity index is 861. The van der Waals surface area contributed by atoms with Crippen LogP contribution >= 0.6 is 11.6 Å². The van der Waals surface area contributed by atoms with E-state index in [0.717, 1.165) is 42.2 Å². The third kappa shape index (κ3) is 2.07. The lowest BCUT2D eigenvalue weighted by Gasteiger charge is -2.15. The van der Waals surface area contributed by atoms with Crippen LogP contribution in [-0.2, 0) is 12.8 Å². The number of hydrogen-bond donors (Lipinski definition) is 1. The summed E-state index contributed by atoms with van der Waals surface area (Å²) in [6.45, 7) is 0. The van der Waals surface area contributed by atoms with Gasteiger partial charge in [-0.15, -0.1) is 0 Å². The van der Waals surface area contributed by atoms with Gasteiger partial charge in [0.1, 0.15) is 17.9 Å². The second-order valence-electron chi connectivity index (χ2n) is 5.18. The van der Waals surface area contributed by atoms with Gasteiger partial charge in [-0.3, -0.25) is 0 Å². The fraction of sp³-hybridized carbons (Fsp3) is 0.267. The van der Waals surface area contributed by atoms with Crippen LogP contribution < -0.4 is 10.1 Å². The number of hydrogen-bond acceptors (Lipinski definition) is 5. The summed E-state index contributed by atoms with van der Waals surface area (Å²) < 4.78 is 7.13. The monoisotopic (exact) mass is 315 g/mol. The molecule has 112 valence electrons. The van der Waals surface area contributed by atoms with Crippen molar-refractivity contribution in [2.45, 2.75) is 19.3 Å². The largest absolute Gasteiger partial charge is 0.495 e. The number of benzene rings is 1. The summed E-state index contributed by atoms with van der Waals surface area (Å²) >= 11 is 6.11. The standard InChI is InChI=1S/C15H14ClN5O/c1-22-13-6-5-9(16)7-12(13)19-14-10-3-2-4-11(10)20-15-17-8-18-21(14)15/h5-8,19H,2-4H2,1H3. The maximum absolute atomic E-state index is 6.11. The van der Waals surface area contributed by atoms with E-state index in [1.54, 1.807) is 17.7 Å². The molecule has 0 spiro atoms. The van der Waals surface area contributed by atoms with Crippen LogP contribution in [0.2, 0.25) is 5.02 Å². The molecule has 4 rings (SSSR count). The van der Waals surface area contributed by atoms with Gasteiger partial charge in [-0.2, -0.15) is 14.6 Å². The summed E-state index contributed by atoms with van der Waals surface area (Å²) in [7, 11) is 1.64. The van der Waals surface area contributed by atoms with Gasteiger partial charge in [-0.25, -0.2) is 4.98 Å². The Morgan fingerprint density at radius 2 is 2.23 bits per heavy atom. The van der Waals surface area contributed by atoms with Crippen LogP contribution in [0.3, 0.4) is 0 Å². The van der Waals surface area contributed by atoms with Gasteiger partial charge in [-0.1, -0.05) is 11.6 Å². The first-order chi connectivity index (χ1) is 10.8. The number of anilines is 2. The highest BCUT2D eigenvalue weighted by molar-refractivity contribution is 6.31. The first kappa shape index (κ1) is 13.3. The van der Waals surface area contributed by atoms with Crippen molar-refractivity contribution in [3.05, 3.63) is 40.8 Å². The molecule has 2 heterocycles. The highest BCUT2D eigenvalue weighted by Crippen LogP contribution is 2.34. The number of methoxy groups -OCH3 is 1. The number of nitrogens with one attached hydrogen (secondary N) is 1. The molecule has 0 bridgehead atoms. The summed E-state index contributed by atoms with van der Waals surface area (Å²) in [5, 5.41) is 8.32. The zero-order chi connectivity index (χ0) is 15.1. The minimum absolute atomic E-state index is 0.601. The molecule has 1 aromatic carbocycles. The van der Waals surface area contributed by atoms with Crippen molar-refractivity contribution in [2.75, 3.05) is 12.4 Å². The molecule has 0 amide bonds. The SMILES string of the molecule is COc1ccc(Cl)cc1Nc1c2c(nc3ncnn13)CCC2. The van der Waals surface area contributed by atoms with Crippen molar-refractivity contribution in [3.8, 4) is 5.75 Å². The van der Waals surface area contributed by atoms with Crippen LogP contribution in [0, 0.1) is 0 Å². The zero-order valence-electron chi connectivity index (χ0n) is 12.0. The van der Waals surface area contributed by atoms with E-state index < -0.39 is 0 Å². The fourth-order valence-electron chi connectivity index (χ4n) is 2.86. The highest BCUT2D eigenvalue weighted by Gasteiger charge is 2.21. The van der Waals surface area contributed by atoms with Gasteiger partial charge in [0.2, 0.25) is 0 Å². The molecule has 0 fully saturated rings. The molecule has 3 aromatic rings. The maximum Gasteiger partial charge on any atom is 0.254 e. The number of aromatic nitrogens is 4. The first-order valence-corrected chi connectivity index (χ1v) is 7.46. The predicted octanol–water partition coefficient (Wildman–Crippen LogP) is 3.02. The smallest absolute Gasteiger partial charge is 0.254 e. The van der Waals surface area contributed by atoms with Gasteiger partial charge in [0, 0.05) is 10.6 Å². The van der Waals surface area contributed by atoms with Crippen LogP contribution in [0.4, 0.5) is 11.5 Å². The number of nitrogens with zero attached hydrogens (tertiary/aromatic N) is 4. The van der Waals surface area contributed by atoms with Crippen LogP contribution in [-0.4, -0.2) is 26.7 Å². The molecule has 6 nitrogen and oxygen atoms in total. The Labute approximate surface area is 132 Å². The van der Waals surface area contributed by atoms with Gasteiger partial charge in [-0.05, 0) is 37.5 Å². The van der Waals surface area contributed by atoms with Crippen molar-refractivity contribution in [3.63, 3.8) is 0 Å². The quantitative estimate of drug-likeness (QED) is 0.805. The van der Waals surface area contributed by atoms with E-state index in [1.807, 2.05) is 12.1 Å². The van der Waals surface area contributed by atoms with Crippen molar-refractivity contribution in [1.82, 2.24) is 19.6 Å². The van der Waals surface area contributed by atoms with E-state index in [1.165, 1.54) is 11.9 Å². The summed E-state index contributed by atoms with van der Waals surface area (Å²) in [5.41, 5.74) is 3.07. The van der Waals surface area contributed by atoms with Crippen molar-refractivity contribution >= 4 is 28.9 Å². The lowest BCUT2D eigenvalue weighted by Crippen LogP contribution is -2.07. The lowest BCUT2D eigenvalue weighted by atomic mass is 10.2. The third-order valence-electron chi connectivity index (χ3n) is 3.87. The van der Waals surface area contributed by atoms with Crippen molar-refractivity contribution in [2.24, 2.45) is 0 Å². The summed E-state index contributed by atoms with van der Waals surface area (Å²) in [6.07, 6.45) is 4.55. The van der Waals surface area contributed by atoms with Crippen molar-refractivity contribution in [1.29, 1.82) is 0 Å². The molecule has 0 saturated carbocycles. The molecule has 22 heavy (non-hydrogen) atoms. The molecular formula is C15H14ClN5O. The van der Waals surface area contributed by atoms with Crippen LogP contribution in [0.25, 0.3) is 5.78 Å². The Balaban J connectivity index is 1.88. The van der Waals surface area contributed by atoms with Gasteiger partial charge in [0.05, 0.1) is 18.5 Å². The van der Waals surface area contributed by atoms with Crippen LogP contribution in [0.15, 0.2) is 24.5 Å². The molecule has 1 N–H and O–H groups in total. The van der Waals surface area contributed by atoms with Crippen molar-refractivity contribution < 1.29 is 4.74 Å². The van der Waals surface area contributed by atoms with E-state index >= 15 is 0 Å². The highest BCUT2D eigenvalue weighted by atomic mass is 35.5. The second-order valence-corrected chi connectivity index (χ2v) is 5.62. The molecule has 2 aromatic heterocycles. The number of rotatable bonds is 3. The molecule has 0 atom stereocenters.